The van der Waals surface area contributed by atoms with Crippen LogP contribution in [0, 0.1) is 11.8 Å². The van der Waals surface area contributed by atoms with Gasteiger partial charge in [-0.3, -0.25) is 4.79 Å². The van der Waals surface area contributed by atoms with Crippen LogP contribution in [0.4, 0.5) is 0 Å². The summed E-state index contributed by atoms with van der Waals surface area (Å²) >= 11 is 0. The molecule has 1 fully saturated rings. The molecule has 14 heavy (non-hydrogen) atoms. The Kier molecular flexibility index (Phi) is 3.35. The Morgan fingerprint density at radius 2 is 1.86 bits per heavy atom. The van der Waals surface area contributed by atoms with E-state index in [1.165, 1.54) is 0 Å². The van der Waals surface area contributed by atoms with Crippen LogP contribution in [0.5, 0.6) is 0 Å². The maximum Gasteiger partial charge on any atom is 0.139 e. The zero-order valence-electron chi connectivity index (χ0n) is 8.67. The molecule has 1 aliphatic heterocycles. The van der Waals surface area contributed by atoms with Crippen molar-refractivity contribution in [1.82, 2.24) is 5.32 Å². The van der Waals surface area contributed by atoms with Crippen molar-refractivity contribution in [3.8, 4) is 0 Å². The molecule has 0 saturated carbocycles. The summed E-state index contributed by atoms with van der Waals surface area (Å²) in [5.74, 6) is 1.23. The average Bonchev–Trinajstić information content (AvgIpc) is 2.30. The summed E-state index contributed by atoms with van der Waals surface area (Å²) in [6.45, 7) is 2.05. The van der Waals surface area contributed by atoms with Crippen LogP contribution in [0.2, 0.25) is 0 Å². The highest BCUT2D eigenvalue weighted by Crippen LogP contribution is 2.25. The van der Waals surface area contributed by atoms with E-state index in [1.54, 1.807) is 0 Å². The van der Waals surface area contributed by atoms with Crippen LogP contribution in [0.15, 0.2) is 12.2 Å². The van der Waals surface area contributed by atoms with E-state index in [2.05, 4.69) is 17.5 Å². The molecule has 1 unspecified atom stereocenters. The lowest BCUT2D eigenvalue weighted by Gasteiger charge is -2.26. The second-order valence-corrected chi connectivity index (χ2v) is 4.41. The molecule has 1 atom stereocenters. The van der Waals surface area contributed by atoms with E-state index in [1.807, 2.05) is 0 Å². The largest absolute Gasteiger partial charge is 0.317 e. The summed E-state index contributed by atoms with van der Waals surface area (Å²) in [5.41, 5.74) is 0. The zero-order valence-corrected chi connectivity index (χ0v) is 8.67. The van der Waals surface area contributed by atoms with Crippen molar-refractivity contribution < 1.29 is 4.79 Å². The van der Waals surface area contributed by atoms with Crippen LogP contribution in [0.1, 0.15) is 32.1 Å². The molecule has 78 valence electrons. The summed E-state index contributed by atoms with van der Waals surface area (Å²) in [6.07, 6.45) is 9.65. The zero-order chi connectivity index (χ0) is 9.80. The SMILES string of the molecule is O=C(C1CC=CCC1)C1CCNCC1. The lowest BCUT2D eigenvalue weighted by Crippen LogP contribution is -2.34. The molecule has 0 radical (unpaired) electrons. The molecular weight excluding hydrogens is 174 g/mol. The van der Waals surface area contributed by atoms with Gasteiger partial charge in [0.2, 0.25) is 0 Å². The first-order valence-corrected chi connectivity index (χ1v) is 5.77. The minimum Gasteiger partial charge on any atom is -0.317 e. The van der Waals surface area contributed by atoms with Gasteiger partial charge in [0, 0.05) is 11.8 Å². The first-order chi connectivity index (χ1) is 6.88. The van der Waals surface area contributed by atoms with E-state index in [-0.39, 0.29) is 0 Å². The highest BCUT2D eigenvalue weighted by molar-refractivity contribution is 5.83. The van der Waals surface area contributed by atoms with Gasteiger partial charge in [0.05, 0.1) is 0 Å². The summed E-state index contributed by atoms with van der Waals surface area (Å²) in [7, 11) is 0. The van der Waals surface area contributed by atoms with Crippen molar-refractivity contribution in [2.45, 2.75) is 32.1 Å². The topological polar surface area (TPSA) is 29.1 Å². The minimum atomic E-state index is 0.336. The summed E-state index contributed by atoms with van der Waals surface area (Å²) in [6, 6.07) is 0. The van der Waals surface area contributed by atoms with Gasteiger partial charge in [-0.25, -0.2) is 0 Å². The third-order valence-electron chi connectivity index (χ3n) is 3.41. The predicted octanol–water partition coefficient (Wildman–Crippen LogP) is 1.91. The fourth-order valence-corrected chi connectivity index (χ4v) is 2.49. The number of hydrogen-bond acceptors (Lipinski definition) is 2. The van der Waals surface area contributed by atoms with Crippen molar-refractivity contribution in [3.63, 3.8) is 0 Å². The molecule has 0 aromatic heterocycles. The van der Waals surface area contributed by atoms with Gasteiger partial charge in [-0.05, 0) is 45.2 Å². The number of carbonyl (C=O) groups is 1. The molecule has 0 spiro atoms. The molecule has 0 bridgehead atoms. The lowest BCUT2D eigenvalue weighted by molar-refractivity contribution is -0.127. The van der Waals surface area contributed by atoms with Crippen molar-refractivity contribution in [3.05, 3.63) is 12.2 Å². The van der Waals surface area contributed by atoms with Crippen molar-refractivity contribution in [2.75, 3.05) is 13.1 Å². The van der Waals surface area contributed by atoms with Gasteiger partial charge in [0.1, 0.15) is 5.78 Å². The van der Waals surface area contributed by atoms with Crippen molar-refractivity contribution in [1.29, 1.82) is 0 Å². The van der Waals surface area contributed by atoms with Gasteiger partial charge in [0.25, 0.3) is 0 Å². The second-order valence-electron chi connectivity index (χ2n) is 4.41. The lowest BCUT2D eigenvalue weighted by atomic mass is 9.81. The molecule has 2 nitrogen and oxygen atoms in total. The van der Waals surface area contributed by atoms with Crippen LogP contribution in [0.25, 0.3) is 0 Å². The average molecular weight is 193 g/mol. The second kappa shape index (κ2) is 4.74. The number of hydrogen-bond donors (Lipinski definition) is 1. The molecule has 1 N–H and O–H groups in total. The molecule has 2 heteroatoms. The van der Waals surface area contributed by atoms with E-state index in [0.717, 1.165) is 45.2 Å². The smallest absolute Gasteiger partial charge is 0.139 e. The molecule has 1 saturated heterocycles. The Bertz CT molecular complexity index is 228. The molecule has 1 heterocycles. The quantitative estimate of drug-likeness (QED) is 0.679. The van der Waals surface area contributed by atoms with Crippen LogP contribution in [-0.2, 0) is 4.79 Å². The molecule has 0 amide bonds. The Morgan fingerprint density at radius 1 is 1.07 bits per heavy atom. The van der Waals surface area contributed by atoms with E-state index < -0.39 is 0 Å². The molecule has 0 aromatic carbocycles. The third-order valence-corrected chi connectivity index (χ3v) is 3.41. The number of carbonyl (C=O) groups excluding carboxylic acids is 1. The third kappa shape index (κ3) is 2.24. The maximum absolute atomic E-state index is 12.1. The van der Waals surface area contributed by atoms with Crippen LogP contribution in [-0.4, -0.2) is 18.9 Å². The minimum absolute atomic E-state index is 0.336. The Labute approximate surface area is 85.8 Å². The first kappa shape index (κ1) is 9.91. The highest BCUT2D eigenvalue weighted by atomic mass is 16.1. The number of Topliss-reactive ketones (excluding diaryl/α,β-unsaturated/α-hetero) is 1. The van der Waals surface area contributed by atoms with Gasteiger partial charge < -0.3 is 5.32 Å². The van der Waals surface area contributed by atoms with E-state index in [4.69, 9.17) is 0 Å². The fraction of sp³-hybridized carbons (Fsp3) is 0.750. The van der Waals surface area contributed by atoms with Gasteiger partial charge in [0.15, 0.2) is 0 Å². The van der Waals surface area contributed by atoms with Crippen LogP contribution < -0.4 is 5.32 Å². The number of piperidine rings is 1. The number of ketones is 1. The van der Waals surface area contributed by atoms with Gasteiger partial charge >= 0.3 is 0 Å². The predicted molar refractivity (Wildman–Crippen MR) is 57.1 cm³/mol. The molecular formula is C12H19NO. The maximum atomic E-state index is 12.1. The number of nitrogens with one attached hydrogen (secondary N) is 1. The first-order valence-electron chi connectivity index (χ1n) is 5.77. The standard InChI is InChI=1S/C12H19NO/c14-12(10-4-2-1-3-5-10)11-6-8-13-9-7-11/h1-2,10-11,13H,3-9H2. The van der Waals surface area contributed by atoms with Crippen LogP contribution in [0.3, 0.4) is 0 Å². The monoisotopic (exact) mass is 193 g/mol. The van der Waals surface area contributed by atoms with Gasteiger partial charge in [-0.1, -0.05) is 12.2 Å². The molecule has 1 aliphatic carbocycles. The number of allylic oxidation sites excluding steroid dienone is 2. The summed E-state index contributed by atoms with van der Waals surface area (Å²) in [4.78, 5) is 12.1. The normalized spacial score (nSPS) is 29.0. The Morgan fingerprint density at radius 3 is 2.50 bits per heavy atom. The fourth-order valence-electron chi connectivity index (χ4n) is 2.49. The van der Waals surface area contributed by atoms with E-state index in [0.29, 0.717) is 17.6 Å². The van der Waals surface area contributed by atoms with E-state index >= 15 is 0 Å². The summed E-state index contributed by atoms with van der Waals surface area (Å²) < 4.78 is 0. The van der Waals surface area contributed by atoms with Crippen LogP contribution >= 0.6 is 0 Å². The molecule has 0 aromatic rings. The van der Waals surface area contributed by atoms with Crippen molar-refractivity contribution >= 4 is 5.78 Å². The Hall–Kier alpha value is -0.630. The molecule has 2 aliphatic rings. The number of rotatable bonds is 2. The van der Waals surface area contributed by atoms with Gasteiger partial charge in [-0.15, -0.1) is 0 Å². The van der Waals surface area contributed by atoms with Crippen molar-refractivity contribution in [2.24, 2.45) is 11.8 Å². The highest BCUT2D eigenvalue weighted by Gasteiger charge is 2.27. The van der Waals surface area contributed by atoms with E-state index in [9.17, 15) is 4.79 Å². The Balaban J connectivity index is 1.89. The molecule has 2 rings (SSSR count). The van der Waals surface area contributed by atoms with Gasteiger partial charge in [-0.2, -0.15) is 0 Å². The summed E-state index contributed by atoms with van der Waals surface area (Å²) in [5, 5.41) is 3.31.